The van der Waals surface area contributed by atoms with E-state index in [1.165, 1.54) is 24.3 Å². The molecule has 3 rings (SSSR count). The van der Waals surface area contributed by atoms with Crippen molar-refractivity contribution in [2.45, 2.75) is 36.5 Å². The lowest BCUT2D eigenvalue weighted by Gasteiger charge is -2.12. The van der Waals surface area contributed by atoms with Crippen LogP contribution in [-0.4, -0.2) is 45.6 Å². The molecule has 0 spiro atoms. The number of benzene rings is 2. The number of nitrogens with one attached hydrogen (secondary N) is 1. The van der Waals surface area contributed by atoms with Crippen LogP contribution >= 0.6 is 0 Å². The van der Waals surface area contributed by atoms with Gasteiger partial charge in [0.2, 0.25) is 0 Å². The number of ether oxygens (including phenoxy) is 1. The molecule has 0 bridgehead atoms. The molecule has 1 fully saturated rings. The summed E-state index contributed by atoms with van der Waals surface area (Å²) in [4.78, 5) is 12.5. The number of carbonyl (C=O) groups is 1. The van der Waals surface area contributed by atoms with Crippen LogP contribution in [0.3, 0.4) is 0 Å². The van der Waals surface area contributed by atoms with Crippen molar-refractivity contribution >= 4 is 31.3 Å². The van der Waals surface area contributed by atoms with Crippen LogP contribution in [0, 0.1) is 0 Å². The summed E-state index contributed by atoms with van der Waals surface area (Å²) in [5, 5.41) is 1.74. The summed E-state index contributed by atoms with van der Waals surface area (Å²) >= 11 is 0. The lowest BCUT2D eigenvalue weighted by atomic mass is 10.2. The Labute approximate surface area is 170 Å². The first-order chi connectivity index (χ1) is 13.6. The first-order valence-electron chi connectivity index (χ1n) is 9.19. The molecule has 2 aromatic carbocycles. The second kappa shape index (κ2) is 8.16. The van der Waals surface area contributed by atoms with Gasteiger partial charge >= 0.3 is 0 Å². The van der Waals surface area contributed by atoms with Crippen molar-refractivity contribution in [3.8, 4) is 5.75 Å². The number of anilines is 1. The van der Waals surface area contributed by atoms with Crippen LogP contribution in [0.15, 0.2) is 53.4 Å². The van der Waals surface area contributed by atoms with Crippen LogP contribution in [-0.2, 0) is 19.7 Å². The van der Waals surface area contributed by atoms with E-state index >= 15 is 0 Å². The van der Waals surface area contributed by atoms with Crippen molar-refractivity contribution in [2.75, 3.05) is 16.8 Å². The summed E-state index contributed by atoms with van der Waals surface area (Å²) in [5.41, 5.74) is 0.718. The minimum Gasteiger partial charge on any atom is -0.491 e. The largest absolute Gasteiger partial charge is 0.491 e. The Kier molecular flexibility index (Phi) is 6.00. The number of amides is 1. The van der Waals surface area contributed by atoms with Gasteiger partial charge in [0.05, 0.1) is 27.8 Å². The molecule has 1 heterocycles. The summed E-state index contributed by atoms with van der Waals surface area (Å²) in [6.07, 6.45) is 0.112. The summed E-state index contributed by atoms with van der Waals surface area (Å²) < 4.78 is 54.4. The summed E-state index contributed by atoms with van der Waals surface area (Å²) in [7, 11) is -7.17. The van der Waals surface area contributed by atoms with E-state index in [1.54, 1.807) is 24.3 Å². The maximum absolute atomic E-state index is 12.8. The van der Waals surface area contributed by atoms with Crippen molar-refractivity contribution in [2.24, 2.45) is 0 Å². The minimum absolute atomic E-state index is 0.0370. The lowest BCUT2D eigenvalue weighted by molar-refractivity contribution is 0.102. The van der Waals surface area contributed by atoms with Crippen LogP contribution in [0.2, 0.25) is 0 Å². The number of sulfone groups is 2. The zero-order chi connectivity index (χ0) is 21.2. The number of hydrogen-bond donors (Lipinski definition) is 1. The Bertz CT molecular complexity index is 1110. The van der Waals surface area contributed by atoms with Gasteiger partial charge in [-0.1, -0.05) is 6.07 Å². The molecule has 2 aromatic rings. The summed E-state index contributed by atoms with van der Waals surface area (Å²) in [5.74, 6) is -0.291. The SMILES string of the molecule is CC(C)Oc1ccc(NC(=O)c2cccc(S(=O)(=O)[C@H]3CCS(=O)(=O)C3)c2)cc1. The van der Waals surface area contributed by atoms with Gasteiger partial charge in [-0.05, 0) is 62.7 Å². The highest BCUT2D eigenvalue weighted by molar-refractivity contribution is 7.96. The fourth-order valence-corrected chi connectivity index (χ4v) is 7.51. The highest BCUT2D eigenvalue weighted by Gasteiger charge is 2.38. The Balaban J connectivity index is 1.76. The fraction of sp³-hybridized carbons (Fsp3) is 0.350. The average molecular weight is 438 g/mol. The molecule has 9 heteroatoms. The van der Waals surface area contributed by atoms with Gasteiger partial charge in [0.15, 0.2) is 19.7 Å². The topological polar surface area (TPSA) is 107 Å². The predicted octanol–water partition coefficient (Wildman–Crippen LogP) is 2.69. The normalized spacial score (nSPS) is 18.5. The maximum atomic E-state index is 12.8. The zero-order valence-corrected chi connectivity index (χ0v) is 17.8. The maximum Gasteiger partial charge on any atom is 0.255 e. The van der Waals surface area contributed by atoms with E-state index in [2.05, 4.69) is 5.32 Å². The quantitative estimate of drug-likeness (QED) is 0.745. The molecule has 0 unspecified atom stereocenters. The van der Waals surface area contributed by atoms with Crippen LogP contribution < -0.4 is 10.1 Å². The van der Waals surface area contributed by atoms with E-state index in [0.717, 1.165) is 0 Å². The van der Waals surface area contributed by atoms with Crippen molar-refractivity contribution in [3.05, 3.63) is 54.1 Å². The smallest absolute Gasteiger partial charge is 0.255 e. The average Bonchev–Trinajstić information content (AvgIpc) is 3.03. The molecule has 1 aliphatic heterocycles. The van der Waals surface area contributed by atoms with Crippen LogP contribution in [0.1, 0.15) is 30.6 Å². The molecule has 1 aliphatic rings. The summed E-state index contributed by atoms with van der Waals surface area (Å²) in [6, 6.07) is 12.5. The molecule has 1 saturated heterocycles. The summed E-state index contributed by atoms with van der Waals surface area (Å²) in [6.45, 7) is 3.83. The monoisotopic (exact) mass is 437 g/mol. The third kappa shape index (κ3) is 5.16. The third-order valence-corrected chi connectivity index (χ3v) is 8.71. The molecule has 0 aliphatic carbocycles. The molecule has 156 valence electrons. The van der Waals surface area contributed by atoms with Gasteiger partial charge in [0.25, 0.3) is 5.91 Å². The Morgan fingerprint density at radius 1 is 1.14 bits per heavy atom. The predicted molar refractivity (Wildman–Crippen MR) is 111 cm³/mol. The lowest BCUT2D eigenvalue weighted by Crippen LogP contribution is -2.23. The van der Waals surface area contributed by atoms with E-state index in [1.807, 2.05) is 13.8 Å². The van der Waals surface area contributed by atoms with Crippen molar-refractivity contribution in [1.82, 2.24) is 0 Å². The van der Waals surface area contributed by atoms with Crippen molar-refractivity contribution in [1.29, 1.82) is 0 Å². The van der Waals surface area contributed by atoms with Gasteiger partial charge in [-0.15, -0.1) is 0 Å². The standard InChI is InChI=1S/C20H23NO6S2/c1-14(2)27-17-8-6-16(7-9-17)21-20(22)15-4-3-5-18(12-15)29(25,26)19-10-11-28(23,24)13-19/h3-9,12,14,19H,10-11,13H2,1-2H3,(H,21,22)/t19-/m0/s1. The highest BCUT2D eigenvalue weighted by Crippen LogP contribution is 2.26. The molecule has 0 aromatic heterocycles. The van der Waals surface area contributed by atoms with E-state index in [0.29, 0.717) is 11.4 Å². The second-order valence-corrected chi connectivity index (χ2v) is 11.7. The number of carbonyl (C=O) groups excluding carboxylic acids is 1. The first-order valence-corrected chi connectivity index (χ1v) is 12.6. The van der Waals surface area contributed by atoms with Crippen molar-refractivity contribution in [3.63, 3.8) is 0 Å². The van der Waals surface area contributed by atoms with Gasteiger partial charge in [-0.3, -0.25) is 4.79 Å². The molecule has 1 atom stereocenters. The van der Waals surface area contributed by atoms with Gasteiger partial charge in [0.1, 0.15) is 5.75 Å². The van der Waals surface area contributed by atoms with Gasteiger partial charge in [0, 0.05) is 11.3 Å². The number of hydrogen-bond acceptors (Lipinski definition) is 6. The molecule has 29 heavy (non-hydrogen) atoms. The van der Waals surface area contributed by atoms with E-state index < -0.39 is 30.8 Å². The minimum atomic E-state index is -3.83. The van der Waals surface area contributed by atoms with Crippen LogP contribution in [0.25, 0.3) is 0 Å². The highest BCUT2D eigenvalue weighted by atomic mass is 32.2. The Morgan fingerprint density at radius 2 is 1.83 bits per heavy atom. The molecular weight excluding hydrogens is 414 g/mol. The van der Waals surface area contributed by atoms with E-state index in [-0.39, 0.29) is 34.5 Å². The van der Waals surface area contributed by atoms with E-state index in [9.17, 15) is 21.6 Å². The number of rotatable bonds is 6. The molecule has 1 amide bonds. The molecule has 0 saturated carbocycles. The van der Waals surface area contributed by atoms with Crippen molar-refractivity contribution < 1.29 is 26.4 Å². The molecule has 7 nitrogen and oxygen atoms in total. The van der Waals surface area contributed by atoms with Crippen LogP contribution in [0.4, 0.5) is 5.69 Å². The first kappa shape index (κ1) is 21.3. The van der Waals surface area contributed by atoms with E-state index in [4.69, 9.17) is 4.74 Å². The molecule has 0 radical (unpaired) electrons. The van der Waals surface area contributed by atoms with Gasteiger partial charge < -0.3 is 10.1 Å². The third-order valence-electron chi connectivity index (χ3n) is 4.54. The van der Waals surface area contributed by atoms with Gasteiger partial charge in [-0.2, -0.15) is 0 Å². The molecular formula is C20H23NO6S2. The Morgan fingerprint density at radius 3 is 2.41 bits per heavy atom. The van der Waals surface area contributed by atoms with Gasteiger partial charge in [-0.25, -0.2) is 16.8 Å². The molecule has 1 N–H and O–H groups in total. The van der Waals surface area contributed by atoms with Crippen LogP contribution in [0.5, 0.6) is 5.75 Å². The zero-order valence-electron chi connectivity index (χ0n) is 16.2. The fourth-order valence-electron chi connectivity index (χ4n) is 3.10. The second-order valence-electron chi connectivity index (χ2n) is 7.24. The Hall–Kier alpha value is -2.39.